The summed E-state index contributed by atoms with van der Waals surface area (Å²) in [6.07, 6.45) is 4.83. The van der Waals surface area contributed by atoms with Crippen molar-refractivity contribution >= 4 is 12.1 Å². The molecule has 1 aromatic heterocycles. The number of anilines is 1. The van der Waals surface area contributed by atoms with E-state index >= 15 is 0 Å². The highest BCUT2D eigenvalue weighted by atomic mass is 16.1. The van der Waals surface area contributed by atoms with E-state index in [0.29, 0.717) is 12.5 Å². The maximum absolute atomic E-state index is 10.4. The Morgan fingerprint density at radius 3 is 3.06 bits per heavy atom. The third-order valence-electron chi connectivity index (χ3n) is 2.86. The van der Waals surface area contributed by atoms with E-state index in [1.807, 2.05) is 24.3 Å². The lowest BCUT2D eigenvalue weighted by atomic mass is 10.2. The monoisotopic (exact) mass is 228 g/mol. The summed E-state index contributed by atoms with van der Waals surface area (Å²) in [5.74, 6) is 0.863. The third kappa shape index (κ3) is 1.91. The molecule has 0 bridgehead atoms. The number of hydrogen-bond donors (Lipinski definition) is 1. The van der Waals surface area contributed by atoms with Crippen LogP contribution in [0.5, 0.6) is 0 Å². The van der Waals surface area contributed by atoms with Crippen molar-refractivity contribution in [3.05, 3.63) is 30.6 Å². The van der Waals surface area contributed by atoms with Gasteiger partial charge in [-0.25, -0.2) is 0 Å². The Morgan fingerprint density at radius 1 is 1.41 bits per heavy atom. The highest BCUT2D eigenvalue weighted by molar-refractivity contribution is 5.74. The molecular formula is C12H12N4O. The minimum atomic E-state index is 0.544. The molecule has 0 radical (unpaired) electrons. The predicted octanol–water partition coefficient (Wildman–Crippen LogP) is 1.85. The third-order valence-corrected chi connectivity index (χ3v) is 2.86. The van der Waals surface area contributed by atoms with Gasteiger partial charge < -0.3 is 9.88 Å². The first-order chi connectivity index (χ1) is 8.38. The second-order valence-electron chi connectivity index (χ2n) is 4.14. The summed E-state index contributed by atoms with van der Waals surface area (Å²) in [4.78, 5) is 10.4. The van der Waals surface area contributed by atoms with Crippen molar-refractivity contribution in [2.45, 2.75) is 18.9 Å². The molecule has 0 spiro atoms. The van der Waals surface area contributed by atoms with Crippen LogP contribution in [0.2, 0.25) is 0 Å². The first-order valence-corrected chi connectivity index (χ1v) is 5.58. The van der Waals surface area contributed by atoms with Gasteiger partial charge in [-0.2, -0.15) is 0 Å². The molecule has 1 aromatic carbocycles. The minimum Gasteiger partial charge on any atom is -0.329 e. The van der Waals surface area contributed by atoms with Crippen LogP contribution in [0.4, 0.5) is 5.69 Å². The van der Waals surface area contributed by atoms with Gasteiger partial charge in [0.1, 0.15) is 6.33 Å². The maximum atomic E-state index is 10.4. The van der Waals surface area contributed by atoms with Gasteiger partial charge in [0.05, 0.1) is 0 Å². The van der Waals surface area contributed by atoms with Crippen molar-refractivity contribution < 1.29 is 4.79 Å². The predicted molar refractivity (Wildman–Crippen MR) is 63.4 cm³/mol. The van der Waals surface area contributed by atoms with E-state index in [4.69, 9.17) is 0 Å². The number of benzene rings is 1. The van der Waals surface area contributed by atoms with E-state index in [-0.39, 0.29) is 0 Å². The highest BCUT2D eigenvalue weighted by Gasteiger charge is 2.26. The average molecular weight is 228 g/mol. The Balaban J connectivity index is 1.99. The first kappa shape index (κ1) is 10.0. The first-order valence-electron chi connectivity index (χ1n) is 5.58. The van der Waals surface area contributed by atoms with Crippen molar-refractivity contribution in [2.24, 2.45) is 0 Å². The Kier molecular flexibility index (Phi) is 2.36. The largest absolute Gasteiger partial charge is 0.329 e. The average Bonchev–Trinajstić information content (AvgIpc) is 3.08. The molecule has 0 atom stereocenters. The van der Waals surface area contributed by atoms with Crippen LogP contribution in [0.3, 0.4) is 0 Å². The Bertz CT molecular complexity index is 545. The fraction of sp³-hybridized carbons (Fsp3) is 0.250. The molecule has 1 amide bonds. The van der Waals surface area contributed by atoms with Gasteiger partial charge in [0.2, 0.25) is 6.41 Å². The molecule has 0 aliphatic heterocycles. The zero-order valence-electron chi connectivity index (χ0n) is 9.21. The fourth-order valence-corrected chi connectivity index (χ4v) is 1.89. The number of carbonyl (C=O) groups excluding carboxylic acids is 1. The lowest BCUT2D eigenvalue weighted by Gasteiger charge is -2.06. The zero-order chi connectivity index (χ0) is 11.7. The van der Waals surface area contributed by atoms with Crippen LogP contribution >= 0.6 is 0 Å². The number of carbonyl (C=O) groups is 1. The molecule has 5 heteroatoms. The molecular weight excluding hydrogens is 216 g/mol. The van der Waals surface area contributed by atoms with E-state index in [1.54, 1.807) is 6.33 Å². The molecule has 3 rings (SSSR count). The second-order valence-corrected chi connectivity index (χ2v) is 4.14. The van der Waals surface area contributed by atoms with Gasteiger partial charge in [0.25, 0.3) is 0 Å². The van der Waals surface area contributed by atoms with E-state index in [1.165, 1.54) is 12.8 Å². The van der Waals surface area contributed by atoms with Gasteiger partial charge >= 0.3 is 0 Å². The van der Waals surface area contributed by atoms with Gasteiger partial charge in [-0.15, -0.1) is 10.2 Å². The molecule has 0 unspecified atom stereocenters. The normalized spacial score (nSPS) is 14.6. The number of hydrogen-bond acceptors (Lipinski definition) is 3. The summed E-state index contributed by atoms with van der Waals surface area (Å²) in [5.41, 5.74) is 1.74. The highest BCUT2D eigenvalue weighted by Crippen LogP contribution is 2.37. The number of rotatable bonds is 4. The molecule has 2 aromatic rings. The minimum absolute atomic E-state index is 0.544. The van der Waals surface area contributed by atoms with E-state index < -0.39 is 0 Å². The van der Waals surface area contributed by atoms with Crippen LogP contribution in [0.25, 0.3) is 11.4 Å². The van der Waals surface area contributed by atoms with Crippen LogP contribution in [0, 0.1) is 0 Å². The van der Waals surface area contributed by atoms with E-state index in [9.17, 15) is 4.79 Å². The summed E-state index contributed by atoms with van der Waals surface area (Å²) in [6.45, 7) is 0. The molecule has 0 saturated heterocycles. The van der Waals surface area contributed by atoms with Crippen molar-refractivity contribution in [3.8, 4) is 11.4 Å². The second kappa shape index (κ2) is 4.01. The molecule has 5 nitrogen and oxygen atoms in total. The number of nitrogens with one attached hydrogen (secondary N) is 1. The van der Waals surface area contributed by atoms with Crippen molar-refractivity contribution in [2.75, 3.05) is 5.32 Å². The van der Waals surface area contributed by atoms with Crippen LogP contribution in [0.1, 0.15) is 18.9 Å². The standard InChI is InChI=1S/C12H12N4O/c17-8-13-10-3-1-2-9(6-10)12-15-14-7-16(12)11-4-5-11/h1-3,6-8,11H,4-5H2,(H,13,17). The van der Waals surface area contributed by atoms with Gasteiger partial charge in [-0.1, -0.05) is 12.1 Å². The van der Waals surface area contributed by atoms with E-state index in [2.05, 4.69) is 20.1 Å². The van der Waals surface area contributed by atoms with Crippen molar-refractivity contribution in [1.29, 1.82) is 0 Å². The van der Waals surface area contributed by atoms with Crippen molar-refractivity contribution in [1.82, 2.24) is 14.8 Å². The number of aromatic nitrogens is 3. The zero-order valence-corrected chi connectivity index (χ0v) is 9.21. The molecule has 17 heavy (non-hydrogen) atoms. The quantitative estimate of drug-likeness (QED) is 0.812. The van der Waals surface area contributed by atoms with Gasteiger partial charge in [-0.3, -0.25) is 4.79 Å². The Labute approximate surface area is 98.5 Å². The van der Waals surface area contributed by atoms with Crippen LogP contribution < -0.4 is 5.32 Å². The topological polar surface area (TPSA) is 59.8 Å². The molecule has 1 aliphatic carbocycles. The summed E-state index contributed by atoms with van der Waals surface area (Å²) >= 11 is 0. The number of amides is 1. The Morgan fingerprint density at radius 2 is 2.29 bits per heavy atom. The summed E-state index contributed by atoms with van der Waals surface area (Å²) in [5, 5.41) is 10.7. The molecule has 1 saturated carbocycles. The summed E-state index contributed by atoms with van der Waals surface area (Å²) in [6, 6.07) is 8.15. The SMILES string of the molecule is O=CNc1cccc(-c2nncn2C2CC2)c1. The smallest absolute Gasteiger partial charge is 0.211 e. The molecule has 1 N–H and O–H groups in total. The van der Waals surface area contributed by atoms with E-state index in [0.717, 1.165) is 17.1 Å². The molecule has 1 heterocycles. The lowest BCUT2D eigenvalue weighted by molar-refractivity contribution is -0.105. The maximum Gasteiger partial charge on any atom is 0.211 e. The number of nitrogens with zero attached hydrogens (tertiary/aromatic N) is 3. The van der Waals surface area contributed by atoms with Crippen molar-refractivity contribution in [3.63, 3.8) is 0 Å². The molecule has 1 aliphatic rings. The lowest BCUT2D eigenvalue weighted by Crippen LogP contribution is -1.97. The van der Waals surface area contributed by atoms with Crippen LogP contribution in [0.15, 0.2) is 30.6 Å². The Hall–Kier alpha value is -2.17. The van der Waals surface area contributed by atoms with Crippen LogP contribution in [-0.2, 0) is 4.79 Å². The summed E-state index contributed by atoms with van der Waals surface area (Å²) < 4.78 is 2.10. The van der Waals surface area contributed by atoms with Gasteiger partial charge in [0, 0.05) is 17.3 Å². The fourth-order valence-electron chi connectivity index (χ4n) is 1.89. The van der Waals surface area contributed by atoms with Gasteiger partial charge in [-0.05, 0) is 25.0 Å². The molecule has 86 valence electrons. The molecule has 1 fully saturated rings. The van der Waals surface area contributed by atoms with Gasteiger partial charge in [0.15, 0.2) is 5.82 Å². The summed E-state index contributed by atoms with van der Waals surface area (Å²) in [7, 11) is 0. The van der Waals surface area contributed by atoms with Crippen LogP contribution in [-0.4, -0.2) is 21.2 Å².